The lowest BCUT2D eigenvalue weighted by atomic mass is 10.2. The van der Waals surface area contributed by atoms with E-state index in [0.29, 0.717) is 11.3 Å². The maximum absolute atomic E-state index is 12.1. The van der Waals surface area contributed by atoms with Crippen LogP contribution in [-0.2, 0) is 9.53 Å². The normalized spacial score (nSPS) is 11.7. The molecule has 3 N–H and O–H groups in total. The number of furan rings is 1. The number of amides is 1. The number of hydrogen-bond donors (Lipinski definition) is 2. The molecule has 0 saturated heterocycles. The summed E-state index contributed by atoms with van der Waals surface area (Å²) in [5, 5.41) is 4.61. The highest BCUT2D eigenvalue weighted by molar-refractivity contribution is 6.01. The molecule has 122 valence electrons. The van der Waals surface area contributed by atoms with Crippen LogP contribution in [0.2, 0.25) is 0 Å². The fourth-order valence-electron chi connectivity index (χ4n) is 2.13. The molecule has 23 heavy (non-hydrogen) atoms. The fraction of sp³-hybridized carbons (Fsp3) is 0.294. The highest BCUT2D eigenvalue weighted by Crippen LogP contribution is 2.16. The number of benzene rings is 1. The van der Waals surface area contributed by atoms with E-state index in [1.54, 1.807) is 37.5 Å². The van der Waals surface area contributed by atoms with E-state index in [9.17, 15) is 9.59 Å². The number of rotatable bonds is 7. The molecule has 1 amide bonds. The third kappa shape index (κ3) is 4.69. The summed E-state index contributed by atoms with van der Waals surface area (Å²) in [6.07, 6.45) is 1.61. The quantitative estimate of drug-likeness (QED) is 0.762. The van der Waals surface area contributed by atoms with E-state index in [1.807, 2.05) is 24.4 Å². The highest BCUT2D eigenvalue weighted by Gasteiger charge is 2.16. The molecule has 6 heteroatoms. The van der Waals surface area contributed by atoms with Crippen LogP contribution < -0.4 is 10.6 Å². The van der Waals surface area contributed by atoms with Crippen LogP contribution in [0.3, 0.4) is 0 Å². The number of nitrogens with one attached hydrogen (secondary N) is 1. The SMILES string of the molecule is CCOC(=O)c1ccccc1NC(=O)C[NH2+][C@H](C)c1ccco1. The lowest BCUT2D eigenvalue weighted by Gasteiger charge is -2.11. The third-order valence-corrected chi connectivity index (χ3v) is 3.35. The monoisotopic (exact) mass is 317 g/mol. The summed E-state index contributed by atoms with van der Waals surface area (Å²) >= 11 is 0. The van der Waals surface area contributed by atoms with Crippen LogP contribution in [0.5, 0.6) is 0 Å². The van der Waals surface area contributed by atoms with Crippen LogP contribution in [0.15, 0.2) is 47.1 Å². The number of carbonyl (C=O) groups is 2. The van der Waals surface area contributed by atoms with Crippen molar-refractivity contribution in [2.75, 3.05) is 18.5 Å². The van der Waals surface area contributed by atoms with E-state index < -0.39 is 5.97 Å². The van der Waals surface area contributed by atoms with Crippen molar-refractivity contribution in [3.05, 3.63) is 54.0 Å². The van der Waals surface area contributed by atoms with Gasteiger partial charge in [-0.15, -0.1) is 0 Å². The molecule has 0 saturated carbocycles. The Balaban J connectivity index is 1.94. The van der Waals surface area contributed by atoms with Crippen LogP contribution in [0, 0.1) is 0 Å². The molecule has 0 aliphatic heterocycles. The lowest BCUT2D eigenvalue weighted by molar-refractivity contribution is -0.684. The molecule has 0 radical (unpaired) electrons. The summed E-state index contributed by atoms with van der Waals surface area (Å²) in [5.74, 6) is 0.168. The smallest absolute Gasteiger partial charge is 0.340 e. The zero-order valence-electron chi connectivity index (χ0n) is 13.2. The predicted molar refractivity (Wildman–Crippen MR) is 84.9 cm³/mol. The molecule has 0 aliphatic rings. The van der Waals surface area contributed by atoms with Crippen molar-refractivity contribution in [2.24, 2.45) is 0 Å². The molecule has 0 unspecified atom stereocenters. The Labute approximate surface area is 134 Å². The van der Waals surface area contributed by atoms with Gasteiger partial charge in [0.2, 0.25) is 0 Å². The minimum absolute atomic E-state index is 0.0380. The average molecular weight is 317 g/mol. The number of para-hydroxylation sites is 1. The molecule has 0 spiro atoms. The Morgan fingerprint density at radius 2 is 2.04 bits per heavy atom. The maximum Gasteiger partial charge on any atom is 0.340 e. The molecule has 0 aliphatic carbocycles. The number of ether oxygens (including phenoxy) is 1. The van der Waals surface area contributed by atoms with Gasteiger partial charge in [0, 0.05) is 0 Å². The summed E-state index contributed by atoms with van der Waals surface area (Å²) in [6.45, 7) is 4.21. The summed E-state index contributed by atoms with van der Waals surface area (Å²) < 4.78 is 10.3. The largest absolute Gasteiger partial charge is 0.463 e. The molecule has 6 nitrogen and oxygen atoms in total. The minimum Gasteiger partial charge on any atom is -0.463 e. The summed E-state index contributed by atoms with van der Waals surface area (Å²) in [6, 6.07) is 10.5. The Bertz CT molecular complexity index is 652. The summed E-state index contributed by atoms with van der Waals surface area (Å²) in [4.78, 5) is 24.0. The van der Waals surface area contributed by atoms with Gasteiger partial charge in [0.25, 0.3) is 5.91 Å². The number of nitrogens with two attached hydrogens (primary N) is 1. The second-order valence-electron chi connectivity index (χ2n) is 5.06. The van der Waals surface area contributed by atoms with E-state index in [4.69, 9.17) is 9.15 Å². The van der Waals surface area contributed by atoms with Gasteiger partial charge in [-0.3, -0.25) is 4.79 Å². The van der Waals surface area contributed by atoms with E-state index in [2.05, 4.69) is 5.32 Å². The van der Waals surface area contributed by atoms with Crippen molar-refractivity contribution >= 4 is 17.6 Å². The minimum atomic E-state index is -0.448. The van der Waals surface area contributed by atoms with Crippen LogP contribution in [0.4, 0.5) is 5.69 Å². The average Bonchev–Trinajstić information content (AvgIpc) is 3.08. The Morgan fingerprint density at radius 3 is 2.74 bits per heavy atom. The molecular weight excluding hydrogens is 296 g/mol. The Morgan fingerprint density at radius 1 is 1.26 bits per heavy atom. The standard InChI is InChI=1S/C17H20N2O4/c1-3-22-17(21)13-7-4-5-8-14(13)19-16(20)11-18-12(2)15-9-6-10-23-15/h4-10,12,18H,3,11H2,1-2H3,(H,19,20)/p+1/t12-/m1/s1. The van der Waals surface area contributed by atoms with Gasteiger partial charge >= 0.3 is 5.97 Å². The Hall–Kier alpha value is -2.60. The van der Waals surface area contributed by atoms with Gasteiger partial charge in [0.05, 0.1) is 24.1 Å². The first-order valence-corrected chi connectivity index (χ1v) is 7.54. The maximum atomic E-state index is 12.1. The van der Waals surface area contributed by atoms with Crippen molar-refractivity contribution < 1.29 is 24.1 Å². The zero-order valence-corrected chi connectivity index (χ0v) is 13.2. The molecule has 1 aromatic heterocycles. The van der Waals surface area contributed by atoms with Crippen molar-refractivity contribution in [1.82, 2.24) is 0 Å². The first-order chi connectivity index (χ1) is 11.1. The van der Waals surface area contributed by atoms with Gasteiger partial charge in [0.1, 0.15) is 6.04 Å². The van der Waals surface area contributed by atoms with Gasteiger partial charge in [0.15, 0.2) is 12.3 Å². The van der Waals surface area contributed by atoms with Crippen molar-refractivity contribution in [3.8, 4) is 0 Å². The van der Waals surface area contributed by atoms with E-state index in [-0.39, 0.29) is 25.1 Å². The summed E-state index contributed by atoms with van der Waals surface area (Å²) in [7, 11) is 0. The van der Waals surface area contributed by atoms with Crippen LogP contribution in [0.25, 0.3) is 0 Å². The first-order valence-electron chi connectivity index (χ1n) is 7.54. The number of carbonyl (C=O) groups excluding carboxylic acids is 2. The first kappa shape index (κ1) is 16.8. The molecule has 0 fully saturated rings. The van der Waals surface area contributed by atoms with Gasteiger partial charge in [-0.2, -0.15) is 0 Å². The second-order valence-corrected chi connectivity index (χ2v) is 5.06. The molecule has 1 heterocycles. The van der Waals surface area contributed by atoms with Crippen LogP contribution in [0.1, 0.15) is 36.0 Å². The molecule has 2 rings (SSSR count). The molecule has 0 bridgehead atoms. The predicted octanol–water partition coefficient (Wildman–Crippen LogP) is 1.72. The summed E-state index contributed by atoms with van der Waals surface area (Å²) in [5.41, 5.74) is 0.803. The number of quaternary nitrogens is 1. The molecular formula is C17H21N2O4+. The van der Waals surface area contributed by atoms with Gasteiger partial charge < -0.3 is 19.8 Å². The fourth-order valence-corrected chi connectivity index (χ4v) is 2.13. The van der Waals surface area contributed by atoms with Crippen molar-refractivity contribution in [2.45, 2.75) is 19.9 Å². The van der Waals surface area contributed by atoms with E-state index in [0.717, 1.165) is 5.76 Å². The number of hydrogen-bond acceptors (Lipinski definition) is 4. The number of esters is 1. The van der Waals surface area contributed by atoms with Crippen LogP contribution in [-0.4, -0.2) is 25.0 Å². The zero-order chi connectivity index (χ0) is 16.7. The highest BCUT2D eigenvalue weighted by atomic mass is 16.5. The second kappa shape index (κ2) is 8.14. The van der Waals surface area contributed by atoms with E-state index >= 15 is 0 Å². The molecule has 1 atom stereocenters. The topological polar surface area (TPSA) is 85.1 Å². The van der Waals surface area contributed by atoms with E-state index in [1.165, 1.54) is 0 Å². The molecule has 2 aromatic rings. The lowest BCUT2D eigenvalue weighted by Crippen LogP contribution is -2.86. The third-order valence-electron chi connectivity index (χ3n) is 3.35. The molecule has 1 aromatic carbocycles. The van der Waals surface area contributed by atoms with Crippen LogP contribution >= 0.6 is 0 Å². The van der Waals surface area contributed by atoms with Crippen molar-refractivity contribution in [1.29, 1.82) is 0 Å². The van der Waals surface area contributed by atoms with Gasteiger partial charge in [-0.1, -0.05) is 12.1 Å². The van der Waals surface area contributed by atoms with Crippen molar-refractivity contribution in [3.63, 3.8) is 0 Å². The Kier molecular flexibility index (Phi) is 5.94. The van der Waals surface area contributed by atoms with Gasteiger partial charge in [-0.05, 0) is 38.1 Å². The van der Waals surface area contributed by atoms with Gasteiger partial charge in [-0.25, -0.2) is 4.79 Å². The number of anilines is 1.